The Morgan fingerprint density at radius 2 is 2.00 bits per heavy atom. The number of carboxylic acid groups (broad SMARTS) is 1. The van der Waals surface area contributed by atoms with Crippen LogP contribution in [0.2, 0.25) is 0 Å². The van der Waals surface area contributed by atoms with Gasteiger partial charge >= 0.3 is 5.97 Å². The van der Waals surface area contributed by atoms with E-state index in [0.717, 1.165) is 12.1 Å². The van der Waals surface area contributed by atoms with E-state index >= 15 is 0 Å². The van der Waals surface area contributed by atoms with E-state index in [9.17, 15) is 18.4 Å². The average molecular weight is 229 g/mol. The third-order valence-electron chi connectivity index (χ3n) is 1.95. The number of rotatable bonds is 3. The summed E-state index contributed by atoms with van der Waals surface area (Å²) in [5, 5.41) is 10.6. The molecule has 1 unspecified atom stereocenters. The van der Waals surface area contributed by atoms with E-state index in [1.165, 1.54) is 6.92 Å². The van der Waals surface area contributed by atoms with Gasteiger partial charge in [0.05, 0.1) is 5.69 Å². The molecule has 0 aliphatic carbocycles. The van der Waals surface area contributed by atoms with Gasteiger partial charge in [-0.15, -0.1) is 0 Å². The lowest BCUT2D eigenvalue weighted by Gasteiger charge is -2.08. The van der Waals surface area contributed by atoms with Gasteiger partial charge in [0.2, 0.25) is 5.91 Å². The molecule has 1 rings (SSSR count). The Bertz CT molecular complexity index is 434. The van der Waals surface area contributed by atoms with Crippen molar-refractivity contribution >= 4 is 17.6 Å². The monoisotopic (exact) mass is 229 g/mol. The van der Waals surface area contributed by atoms with Gasteiger partial charge in [0.1, 0.15) is 17.6 Å². The van der Waals surface area contributed by atoms with E-state index < -0.39 is 29.4 Å². The quantitative estimate of drug-likeness (QED) is 0.774. The Morgan fingerprint density at radius 1 is 1.38 bits per heavy atom. The summed E-state index contributed by atoms with van der Waals surface area (Å²) in [4.78, 5) is 21.7. The van der Waals surface area contributed by atoms with Crippen molar-refractivity contribution in [2.75, 3.05) is 5.32 Å². The van der Waals surface area contributed by atoms with Crippen LogP contribution in [0.5, 0.6) is 0 Å². The van der Waals surface area contributed by atoms with Crippen molar-refractivity contribution in [1.29, 1.82) is 0 Å². The van der Waals surface area contributed by atoms with Crippen molar-refractivity contribution in [3.8, 4) is 0 Å². The molecule has 86 valence electrons. The second kappa shape index (κ2) is 4.69. The smallest absolute Gasteiger partial charge is 0.315 e. The molecule has 4 nitrogen and oxygen atoms in total. The van der Waals surface area contributed by atoms with Crippen LogP contribution >= 0.6 is 0 Å². The highest BCUT2D eigenvalue weighted by Crippen LogP contribution is 2.15. The van der Waals surface area contributed by atoms with Crippen molar-refractivity contribution in [2.24, 2.45) is 5.92 Å². The van der Waals surface area contributed by atoms with E-state index in [-0.39, 0.29) is 5.69 Å². The van der Waals surface area contributed by atoms with Crippen LogP contribution in [-0.2, 0) is 9.59 Å². The molecular weight excluding hydrogens is 220 g/mol. The first-order valence-electron chi connectivity index (χ1n) is 4.40. The summed E-state index contributed by atoms with van der Waals surface area (Å²) in [6, 6.07) is 2.59. The lowest BCUT2D eigenvalue weighted by Crippen LogP contribution is -2.27. The Kier molecular flexibility index (Phi) is 3.55. The third-order valence-corrected chi connectivity index (χ3v) is 1.95. The largest absolute Gasteiger partial charge is 0.481 e. The number of hydrogen-bond donors (Lipinski definition) is 2. The minimum absolute atomic E-state index is 0.250. The molecule has 0 radical (unpaired) electrons. The molecule has 2 N–H and O–H groups in total. The fourth-order valence-corrected chi connectivity index (χ4v) is 0.944. The molecule has 0 aliphatic rings. The minimum Gasteiger partial charge on any atom is -0.481 e. The molecule has 0 aromatic heterocycles. The topological polar surface area (TPSA) is 66.4 Å². The van der Waals surface area contributed by atoms with Crippen LogP contribution in [0, 0.1) is 17.6 Å². The predicted molar refractivity (Wildman–Crippen MR) is 51.8 cm³/mol. The van der Waals surface area contributed by atoms with Gasteiger partial charge in [-0.1, -0.05) is 0 Å². The molecule has 0 spiro atoms. The van der Waals surface area contributed by atoms with Crippen LogP contribution in [0.1, 0.15) is 6.92 Å². The van der Waals surface area contributed by atoms with E-state index in [1.54, 1.807) is 0 Å². The van der Waals surface area contributed by atoms with Gasteiger partial charge < -0.3 is 10.4 Å². The first-order chi connectivity index (χ1) is 7.41. The molecule has 1 atom stereocenters. The molecule has 0 saturated carbocycles. The number of anilines is 1. The van der Waals surface area contributed by atoms with Gasteiger partial charge in [-0.3, -0.25) is 9.59 Å². The molecule has 1 aromatic carbocycles. The number of carbonyl (C=O) groups is 2. The molecule has 1 aromatic rings. The molecule has 0 bridgehead atoms. The SMILES string of the molecule is CC(C(=O)O)C(=O)Nc1ccc(F)cc1F. The second-order valence-corrected chi connectivity index (χ2v) is 3.17. The lowest BCUT2D eigenvalue weighted by atomic mass is 10.1. The Hall–Kier alpha value is -1.98. The van der Waals surface area contributed by atoms with Gasteiger partial charge in [0.15, 0.2) is 0 Å². The fourth-order valence-electron chi connectivity index (χ4n) is 0.944. The Labute approximate surface area is 89.9 Å². The molecular formula is C10H9F2NO3. The normalized spacial score (nSPS) is 11.9. The van der Waals surface area contributed by atoms with Gasteiger partial charge in [-0.25, -0.2) is 8.78 Å². The maximum atomic E-state index is 13.1. The second-order valence-electron chi connectivity index (χ2n) is 3.17. The standard InChI is InChI=1S/C10H9F2NO3/c1-5(10(15)16)9(14)13-8-3-2-6(11)4-7(8)12/h2-5H,1H3,(H,13,14)(H,15,16). The number of amides is 1. The van der Waals surface area contributed by atoms with E-state index in [0.29, 0.717) is 6.07 Å². The zero-order chi connectivity index (χ0) is 12.3. The van der Waals surface area contributed by atoms with Crippen molar-refractivity contribution in [2.45, 2.75) is 6.92 Å². The van der Waals surface area contributed by atoms with Crippen LogP contribution in [0.15, 0.2) is 18.2 Å². The van der Waals surface area contributed by atoms with Crippen LogP contribution < -0.4 is 5.32 Å². The maximum Gasteiger partial charge on any atom is 0.315 e. The van der Waals surface area contributed by atoms with Crippen molar-refractivity contribution < 1.29 is 23.5 Å². The molecule has 16 heavy (non-hydrogen) atoms. The van der Waals surface area contributed by atoms with Crippen LogP contribution in [0.3, 0.4) is 0 Å². The molecule has 0 heterocycles. The van der Waals surface area contributed by atoms with Gasteiger partial charge in [-0.05, 0) is 19.1 Å². The summed E-state index contributed by atoms with van der Waals surface area (Å²) in [5.41, 5.74) is -0.250. The van der Waals surface area contributed by atoms with E-state index in [2.05, 4.69) is 5.32 Å². The highest BCUT2D eigenvalue weighted by Gasteiger charge is 2.21. The van der Waals surface area contributed by atoms with Crippen molar-refractivity contribution in [3.63, 3.8) is 0 Å². The fraction of sp³-hybridized carbons (Fsp3) is 0.200. The summed E-state index contributed by atoms with van der Waals surface area (Å²) in [6.07, 6.45) is 0. The summed E-state index contributed by atoms with van der Waals surface area (Å²) in [5.74, 6) is -5.21. The van der Waals surface area contributed by atoms with Crippen LogP contribution in [0.25, 0.3) is 0 Å². The van der Waals surface area contributed by atoms with E-state index in [1.807, 2.05) is 0 Å². The first kappa shape index (κ1) is 12.1. The zero-order valence-corrected chi connectivity index (χ0v) is 8.33. The number of nitrogens with one attached hydrogen (secondary N) is 1. The first-order valence-corrected chi connectivity index (χ1v) is 4.40. The molecule has 0 aliphatic heterocycles. The highest BCUT2D eigenvalue weighted by atomic mass is 19.1. The number of halogens is 2. The number of aliphatic carboxylic acids is 1. The molecule has 0 saturated heterocycles. The van der Waals surface area contributed by atoms with Crippen molar-refractivity contribution in [1.82, 2.24) is 0 Å². The number of hydrogen-bond acceptors (Lipinski definition) is 2. The maximum absolute atomic E-state index is 13.1. The van der Waals surface area contributed by atoms with Gasteiger partial charge in [0, 0.05) is 6.07 Å². The summed E-state index contributed by atoms with van der Waals surface area (Å²) in [6.45, 7) is 1.17. The summed E-state index contributed by atoms with van der Waals surface area (Å²) in [7, 11) is 0. The molecule has 1 amide bonds. The number of carbonyl (C=O) groups excluding carboxylic acids is 1. The zero-order valence-electron chi connectivity index (χ0n) is 8.33. The predicted octanol–water partition coefficient (Wildman–Crippen LogP) is 1.62. The minimum atomic E-state index is -1.32. The average Bonchev–Trinajstić information content (AvgIpc) is 2.20. The number of carboxylic acids is 1. The molecule has 6 heteroatoms. The number of benzene rings is 1. The molecule has 0 fully saturated rings. The summed E-state index contributed by atoms with van der Waals surface area (Å²) < 4.78 is 25.6. The third kappa shape index (κ3) is 2.75. The Morgan fingerprint density at radius 3 is 2.50 bits per heavy atom. The van der Waals surface area contributed by atoms with Crippen LogP contribution in [0.4, 0.5) is 14.5 Å². The van der Waals surface area contributed by atoms with Gasteiger partial charge in [-0.2, -0.15) is 0 Å². The van der Waals surface area contributed by atoms with Gasteiger partial charge in [0.25, 0.3) is 0 Å². The highest BCUT2D eigenvalue weighted by molar-refractivity contribution is 6.03. The van der Waals surface area contributed by atoms with E-state index in [4.69, 9.17) is 5.11 Å². The van der Waals surface area contributed by atoms with Crippen LogP contribution in [-0.4, -0.2) is 17.0 Å². The Balaban J connectivity index is 2.81. The lowest BCUT2D eigenvalue weighted by molar-refractivity contribution is -0.144. The summed E-state index contributed by atoms with van der Waals surface area (Å²) >= 11 is 0. The van der Waals surface area contributed by atoms with Crippen molar-refractivity contribution in [3.05, 3.63) is 29.8 Å².